The average Bonchev–Trinajstić information content (AvgIpc) is 2.69. The van der Waals surface area contributed by atoms with Gasteiger partial charge in [0.25, 0.3) is 0 Å². The minimum absolute atomic E-state index is 0.0616. The maximum atomic E-state index is 11.8. The molecular weight excluding hydrogens is 220 g/mol. The summed E-state index contributed by atoms with van der Waals surface area (Å²) in [6.07, 6.45) is 0.675. The lowest BCUT2D eigenvalue weighted by Gasteiger charge is -2.19. The quantitative estimate of drug-likeness (QED) is 0.841. The molecule has 2 N–H and O–H groups in total. The zero-order chi connectivity index (χ0) is 12.4. The topological polar surface area (TPSA) is 64.8 Å². The third-order valence-electron chi connectivity index (χ3n) is 2.92. The highest BCUT2D eigenvalue weighted by Gasteiger charge is 2.31. The summed E-state index contributed by atoms with van der Waals surface area (Å²) in [5, 5.41) is 0. The highest BCUT2D eigenvalue weighted by molar-refractivity contribution is 6.00. The van der Waals surface area contributed by atoms with Crippen LogP contribution in [0.5, 0.6) is 11.5 Å². The SMILES string of the molecule is COc1ccc(N2CCC(N)C2=O)c(OC)c1. The fourth-order valence-electron chi connectivity index (χ4n) is 1.95. The Bertz CT molecular complexity index is 434. The van der Waals surface area contributed by atoms with Crippen LogP contribution >= 0.6 is 0 Å². The number of methoxy groups -OCH3 is 2. The first-order valence-electron chi connectivity index (χ1n) is 5.46. The lowest BCUT2D eigenvalue weighted by atomic mass is 10.2. The van der Waals surface area contributed by atoms with E-state index >= 15 is 0 Å². The molecule has 1 amide bonds. The first-order valence-corrected chi connectivity index (χ1v) is 5.46. The van der Waals surface area contributed by atoms with Crippen LogP contribution in [0.1, 0.15) is 6.42 Å². The van der Waals surface area contributed by atoms with Crippen LogP contribution in [0.2, 0.25) is 0 Å². The lowest BCUT2D eigenvalue weighted by Crippen LogP contribution is -2.34. The van der Waals surface area contributed by atoms with Gasteiger partial charge in [-0.3, -0.25) is 4.79 Å². The summed E-state index contributed by atoms with van der Waals surface area (Å²) >= 11 is 0. The molecule has 5 nitrogen and oxygen atoms in total. The smallest absolute Gasteiger partial charge is 0.244 e. The van der Waals surface area contributed by atoms with Crippen LogP contribution in [0.15, 0.2) is 18.2 Å². The average molecular weight is 236 g/mol. The molecule has 0 spiro atoms. The van der Waals surface area contributed by atoms with Crippen LogP contribution in [0.3, 0.4) is 0 Å². The van der Waals surface area contributed by atoms with Gasteiger partial charge in [0.2, 0.25) is 5.91 Å². The zero-order valence-electron chi connectivity index (χ0n) is 9.97. The van der Waals surface area contributed by atoms with Crippen LogP contribution < -0.4 is 20.1 Å². The van der Waals surface area contributed by atoms with Gasteiger partial charge >= 0.3 is 0 Å². The van der Waals surface area contributed by atoms with Crippen molar-refractivity contribution in [3.63, 3.8) is 0 Å². The minimum Gasteiger partial charge on any atom is -0.497 e. The highest BCUT2D eigenvalue weighted by Crippen LogP contribution is 2.34. The number of carbonyl (C=O) groups excluding carboxylic acids is 1. The lowest BCUT2D eigenvalue weighted by molar-refractivity contribution is -0.118. The van der Waals surface area contributed by atoms with Gasteiger partial charge in [-0.2, -0.15) is 0 Å². The van der Waals surface area contributed by atoms with E-state index in [0.29, 0.717) is 24.5 Å². The molecule has 1 fully saturated rings. The molecule has 5 heteroatoms. The summed E-state index contributed by atoms with van der Waals surface area (Å²) in [7, 11) is 3.16. The van der Waals surface area contributed by atoms with E-state index in [1.54, 1.807) is 31.3 Å². The number of hydrogen-bond acceptors (Lipinski definition) is 4. The van der Waals surface area contributed by atoms with E-state index in [0.717, 1.165) is 5.69 Å². The molecule has 2 rings (SSSR count). The Labute approximate surface area is 100 Å². The van der Waals surface area contributed by atoms with Crippen molar-refractivity contribution in [2.75, 3.05) is 25.7 Å². The monoisotopic (exact) mass is 236 g/mol. The van der Waals surface area contributed by atoms with Gasteiger partial charge in [-0.25, -0.2) is 0 Å². The Morgan fingerprint density at radius 3 is 2.65 bits per heavy atom. The predicted molar refractivity (Wildman–Crippen MR) is 64.5 cm³/mol. The molecule has 1 aromatic carbocycles. The molecule has 1 aliphatic rings. The summed E-state index contributed by atoms with van der Waals surface area (Å²) in [6, 6.07) is 4.97. The fraction of sp³-hybridized carbons (Fsp3) is 0.417. The van der Waals surface area contributed by atoms with Gasteiger partial charge in [-0.15, -0.1) is 0 Å². The third kappa shape index (κ3) is 2.06. The molecule has 1 saturated heterocycles. The standard InChI is InChI=1S/C12H16N2O3/c1-16-8-3-4-10(11(7-8)17-2)14-6-5-9(13)12(14)15/h3-4,7,9H,5-6,13H2,1-2H3. The van der Waals surface area contributed by atoms with Crippen molar-refractivity contribution in [2.24, 2.45) is 5.73 Å². The summed E-state index contributed by atoms with van der Waals surface area (Å²) in [5.74, 6) is 1.25. The third-order valence-corrected chi connectivity index (χ3v) is 2.92. The van der Waals surface area contributed by atoms with Gasteiger partial charge < -0.3 is 20.1 Å². The summed E-state index contributed by atoms with van der Waals surface area (Å²) in [5.41, 5.74) is 6.44. The minimum atomic E-state index is -0.401. The predicted octanol–water partition coefficient (Wildman–Crippen LogP) is 0.768. The van der Waals surface area contributed by atoms with Gasteiger partial charge in [-0.1, -0.05) is 0 Å². The van der Waals surface area contributed by atoms with Gasteiger partial charge in [0, 0.05) is 12.6 Å². The maximum Gasteiger partial charge on any atom is 0.244 e. The second-order valence-electron chi connectivity index (χ2n) is 3.92. The van der Waals surface area contributed by atoms with Crippen LogP contribution in [0.25, 0.3) is 0 Å². The number of ether oxygens (including phenoxy) is 2. The zero-order valence-corrected chi connectivity index (χ0v) is 9.97. The number of anilines is 1. The van der Waals surface area contributed by atoms with Crippen molar-refractivity contribution in [2.45, 2.75) is 12.5 Å². The molecule has 1 atom stereocenters. The van der Waals surface area contributed by atoms with Crippen molar-refractivity contribution in [1.29, 1.82) is 0 Å². The van der Waals surface area contributed by atoms with Crippen molar-refractivity contribution in [3.8, 4) is 11.5 Å². The molecule has 0 saturated carbocycles. The summed E-state index contributed by atoms with van der Waals surface area (Å²) in [4.78, 5) is 13.5. The Morgan fingerprint density at radius 2 is 2.12 bits per heavy atom. The molecule has 1 aliphatic heterocycles. The molecule has 1 aromatic rings. The highest BCUT2D eigenvalue weighted by atomic mass is 16.5. The van der Waals surface area contributed by atoms with Gasteiger partial charge in [-0.05, 0) is 18.6 Å². The molecule has 0 aromatic heterocycles. The van der Waals surface area contributed by atoms with Crippen LogP contribution in [0, 0.1) is 0 Å². The summed E-state index contributed by atoms with van der Waals surface area (Å²) < 4.78 is 10.4. The van der Waals surface area contributed by atoms with Gasteiger partial charge in [0.05, 0.1) is 25.9 Å². The number of rotatable bonds is 3. The number of amides is 1. The van der Waals surface area contributed by atoms with Crippen LogP contribution in [0.4, 0.5) is 5.69 Å². The second kappa shape index (κ2) is 4.63. The van der Waals surface area contributed by atoms with Crippen LogP contribution in [-0.2, 0) is 4.79 Å². The van der Waals surface area contributed by atoms with Crippen LogP contribution in [-0.4, -0.2) is 32.7 Å². The fourth-order valence-corrected chi connectivity index (χ4v) is 1.95. The van der Waals surface area contributed by atoms with Crippen molar-refractivity contribution in [1.82, 2.24) is 0 Å². The molecular formula is C12H16N2O3. The Kier molecular flexibility index (Phi) is 3.19. The van der Waals surface area contributed by atoms with E-state index in [9.17, 15) is 4.79 Å². The number of nitrogens with two attached hydrogens (primary N) is 1. The first kappa shape index (κ1) is 11.7. The van der Waals surface area contributed by atoms with Crippen molar-refractivity contribution < 1.29 is 14.3 Å². The normalized spacial score (nSPS) is 19.6. The number of nitrogens with zero attached hydrogens (tertiary/aromatic N) is 1. The molecule has 0 radical (unpaired) electrons. The van der Waals surface area contributed by atoms with E-state index in [-0.39, 0.29) is 5.91 Å². The van der Waals surface area contributed by atoms with Crippen molar-refractivity contribution >= 4 is 11.6 Å². The molecule has 0 bridgehead atoms. The number of benzene rings is 1. The first-order chi connectivity index (χ1) is 8.17. The van der Waals surface area contributed by atoms with E-state index in [4.69, 9.17) is 15.2 Å². The molecule has 17 heavy (non-hydrogen) atoms. The van der Waals surface area contributed by atoms with Gasteiger partial charge in [0.1, 0.15) is 11.5 Å². The molecule has 92 valence electrons. The van der Waals surface area contributed by atoms with Crippen molar-refractivity contribution in [3.05, 3.63) is 18.2 Å². The number of carbonyl (C=O) groups is 1. The Morgan fingerprint density at radius 1 is 1.35 bits per heavy atom. The van der Waals surface area contributed by atoms with E-state index < -0.39 is 6.04 Å². The van der Waals surface area contributed by atoms with E-state index in [1.807, 2.05) is 6.07 Å². The molecule has 1 unspecified atom stereocenters. The van der Waals surface area contributed by atoms with Gasteiger partial charge in [0.15, 0.2) is 0 Å². The molecule has 1 heterocycles. The second-order valence-corrected chi connectivity index (χ2v) is 3.92. The molecule has 0 aliphatic carbocycles. The van der Waals surface area contributed by atoms with E-state index in [1.165, 1.54) is 0 Å². The number of hydrogen-bond donors (Lipinski definition) is 1. The summed E-state index contributed by atoms with van der Waals surface area (Å²) in [6.45, 7) is 0.628. The largest absolute Gasteiger partial charge is 0.497 e. The Hall–Kier alpha value is -1.75. The maximum absolute atomic E-state index is 11.8. The van der Waals surface area contributed by atoms with E-state index in [2.05, 4.69) is 0 Å². The Balaban J connectivity index is 2.35.